The lowest BCUT2D eigenvalue weighted by Crippen LogP contribution is -2.41. The fraction of sp³-hybridized carbons (Fsp3) is 0.750. The first-order chi connectivity index (χ1) is 6.27. The van der Waals surface area contributed by atoms with E-state index in [-0.39, 0.29) is 12.1 Å². The standard InChI is InChI=1S/C8H14N4O/c1-6-5-12(11-10-6)7-2-3-9-4-8(7)13/h5,7-9,13H,2-4H2,1H3/t7-,8-/m1/s1. The van der Waals surface area contributed by atoms with Crippen molar-refractivity contribution in [1.82, 2.24) is 20.3 Å². The predicted molar refractivity (Wildman–Crippen MR) is 47.3 cm³/mol. The van der Waals surface area contributed by atoms with Crippen LogP contribution in [0.1, 0.15) is 18.2 Å². The van der Waals surface area contributed by atoms with Crippen LogP contribution in [-0.4, -0.2) is 39.3 Å². The SMILES string of the molecule is Cc1cn([C@@H]2CCNC[C@H]2O)nn1. The molecule has 1 saturated heterocycles. The number of aliphatic hydroxyl groups excluding tert-OH is 1. The number of aromatic nitrogens is 3. The van der Waals surface area contributed by atoms with Gasteiger partial charge in [0.25, 0.3) is 0 Å². The molecule has 1 aliphatic rings. The molecule has 2 atom stereocenters. The number of β-amino-alcohol motifs (C(OH)–C–C–N with tert-alkyl or cyclic N) is 1. The van der Waals surface area contributed by atoms with Crippen molar-refractivity contribution in [2.24, 2.45) is 0 Å². The molecule has 1 aromatic rings. The van der Waals surface area contributed by atoms with Gasteiger partial charge in [-0.1, -0.05) is 5.21 Å². The average molecular weight is 182 g/mol. The van der Waals surface area contributed by atoms with Gasteiger partial charge in [-0.2, -0.15) is 0 Å². The lowest BCUT2D eigenvalue weighted by atomic mass is 10.0. The lowest BCUT2D eigenvalue weighted by molar-refractivity contribution is 0.0800. The number of aryl methyl sites for hydroxylation is 1. The molecule has 1 aliphatic heterocycles. The molecule has 2 rings (SSSR count). The molecule has 5 heteroatoms. The first-order valence-electron chi connectivity index (χ1n) is 4.54. The number of aliphatic hydroxyl groups is 1. The monoisotopic (exact) mass is 182 g/mol. The molecule has 0 aromatic carbocycles. The van der Waals surface area contributed by atoms with Crippen LogP contribution in [0.25, 0.3) is 0 Å². The van der Waals surface area contributed by atoms with E-state index in [1.54, 1.807) is 4.68 Å². The third-order valence-corrected chi connectivity index (χ3v) is 2.38. The van der Waals surface area contributed by atoms with Gasteiger partial charge in [-0.25, -0.2) is 4.68 Å². The largest absolute Gasteiger partial charge is 0.390 e. The van der Waals surface area contributed by atoms with E-state index in [2.05, 4.69) is 15.6 Å². The molecule has 0 amide bonds. The maximum Gasteiger partial charge on any atom is 0.0889 e. The molecular weight excluding hydrogens is 168 g/mol. The second-order valence-electron chi connectivity index (χ2n) is 3.47. The van der Waals surface area contributed by atoms with Gasteiger partial charge in [0.15, 0.2) is 0 Å². The van der Waals surface area contributed by atoms with Crippen LogP contribution in [-0.2, 0) is 0 Å². The summed E-state index contributed by atoms with van der Waals surface area (Å²) in [7, 11) is 0. The van der Waals surface area contributed by atoms with E-state index in [1.807, 2.05) is 13.1 Å². The fourth-order valence-electron chi connectivity index (χ4n) is 1.66. The number of rotatable bonds is 1. The Bertz CT molecular complexity index is 285. The van der Waals surface area contributed by atoms with Crippen LogP contribution in [0.3, 0.4) is 0 Å². The van der Waals surface area contributed by atoms with E-state index >= 15 is 0 Å². The minimum absolute atomic E-state index is 0.0856. The molecule has 0 unspecified atom stereocenters. The Morgan fingerprint density at radius 3 is 3.15 bits per heavy atom. The highest BCUT2D eigenvalue weighted by Crippen LogP contribution is 2.17. The molecule has 13 heavy (non-hydrogen) atoms. The normalized spacial score (nSPS) is 29.1. The molecule has 0 aliphatic carbocycles. The Morgan fingerprint density at radius 2 is 2.54 bits per heavy atom. The molecule has 0 bridgehead atoms. The number of nitrogens with one attached hydrogen (secondary N) is 1. The zero-order valence-corrected chi connectivity index (χ0v) is 7.64. The van der Waals surface area contributed by atoms with Gasteiger partial charge in [0.2, 0.25) is 0 Å². The molecule has 1 aromatic heterocycles. The molecule has 2 heterocycles. The lowest BCUT2D eigenvalue weighted by Gasteiger charge is -2.27. The topological polar surface area (TPSA) is 63.0 Å². The Kier molecular flexibility index (Phi) is 2.28. The summed E-state index contributed by atoms with van der Waals surface area (Å²) in [5, 5.41) is 20.7. The molecule has 5 nitrogen and oxygen atoms in total. The fourth-order valence-corrected chi connectivity index (χ4v) is 1.66. The highest BCUT2D eigenvalue weighted by molar-refractivity contribution is 4.91. The summed E-state index contributed by atoms with van der Waals surface area (Å²) < 4.78 is 1.76. The van der Waals surface area contributed by atoms with Crippen molar-refractivity contribution in [2.75, 3.05) is 13.1 Å². The summed E-state index contributed by atoms with van der Waals surface area (Å²) in [6.07, 6.45) is 2.43. The van der Waals surface area contributed by atoms with Crippen LogP contribution in [0.5, 0.6) is 0 Å². The molecule has 2 N–H and O–H groups in total. The van der Waals surface area contributed by atoms with Crippen molar-refractivity contribution < 1.29 is 5.11 Å². The maximum atomic E-state index is 9.68. The average Bonchev–Trinajstić information content (AvgIpc) is 2.53. The third kappa shape index (κ3) is 1.71. The van der Waals surface area contributed by atoms with E-state index in [4.69, 9.17) is 0 Å². The molecule has 0 saturated carbocycles. The Balaban J connectivity index is 2.14. The van der Waals surface area contributed by atoms with Gasteiger partial charge in [0.05, 0.1) is 17.8 Å². The molecule has 0 radical (unpaired) electrons. The summed E-state index contributed by atoms with van der Waals surface area (Å²) in [5.41, 5.74) is 0.894. The van der Waals surface area contributed by atoms with Crippen LogP contribution in [0.4, 0.5) is 0 Å². The van der Waals surface area contributed by atoms with Gasteiger partial charge in [-0.05, 0) is 19.9 Å². The van der Waals surface area contributed by atoms with Crippen LogP contribution < -0.4 is 5.32 Å². The van der Waals surface area contributed by atoms with Crippen LogP contribution in [0.2, 0.25) is 0 Å². The first kappa shape index (κ1) is 8.65. The summed E-state index contributed by atoms with van der Waals surface area (Å²) in [6.45, 7) is 3.47. The highest BCUT2D eigenvalue weighted by atomic mass is 16.3. The van der Waals surface area contributed by atoms with E-state index < -0.39 is 0 Å². The van der Waals surface area contributed by atoms with Crippen LogP contribution >= 0.6 is 0 Å². The zero-order valence-electron chi connectivity index (χ0n) is 7.64. The van der Waals surface area contributed by atoms with Crippen molar-refractivity contribution in [3.63, 3.8) is 0 Å². The summed E-state index contributed by atoms with van der Waals surface area (Å²) in [6, 6.07) is 0.0856. The number of hydrogen-bond donors (Lipinski definition) is 2. The second kappa shape index (κ2) is 3.43. The van der Waals surface area contributed by atoms with E-state index in [1.165, 1.54) is 0 Å². The Hall–Kier alpha value is -0.940. The second-order valence-corrected chi connectivity index (χ2v) is 3.47. The predicted octanol–water partition coefficient (Wildman–Crippen LogP) is -0.518. The molecular formula is C8H14N4O. The quantitative estimate of drug-likeness (QED) is 0.613. The summed E-state index contributed by atoms with van der Waals surface area (Å²) in [4.78, 5) is 0. The minimum atomic E-state index is -0.352. The van der Waals surface area contributed by atoms with Crippen LogP contribution in [0.15, 0.2) is 6.20 Å². The van der Waals surface area contributed by atoms with E-state index in [0.717, 1.165) is 18.7 Å². The number of nitrogens with zero attached hydrogens (tertiary/aromatic N) is 3. The van der Waals surface area contributed by atoms with Crippen molar-refractivity contribution in [1.29, 1.82) is 0 Å². The minimum Gasteiger partial charge on any atom is -0.390 e. The van der Waals surface area contributed by atoms with Crippen molar-refractivity contribution in [3.8, 4) is 0 Å². The van der Waals surface area contributed by atoms with Crippen LogP contribution in [0, 0.1) is 6.92 Å². The number of piperidine rings is 1. The van der Waals surface area contributed by atoms with Crippen molar-refractivity contribution in [3.05, 3.63) is 11.9 Å². The van der Waals surface area contributed by atoms with Crippen molar-refractivity contribution >= 4 is 0 Å². The molecule has 1 fully saturated rings. The maximum absolute atomic E-state index is 9.68. The summed E-state index contributed by atoms with van der Waals surface area (Å²) in [5.74, 6) is 0. The van der Waals surface area contributed by atoms with Gasteiger partial charge in [0, 0.05) is 12.7 Å². The molecule has 0 spiro atoms. The number of hydrogen-bond acceptors (Lipinski definition) is 4. The Labute approximate surface area is 76.8 Å². The van der Waals surface area contributed by atoms with E-state index in [9.17, 15) is 5.11 Å². The third-order valence-electron chi connectivity index (χ3n) is 2.38. The van der Waals surface area contributed by atoms with Gasteiger partial charge < -0.3 is 10.4 Å². The summed E-state index contributed by atoms with van der Waals surface area (Å²) >= 11 is 0. The molecule has 72 valence electrons. The first-order valence-corrected chi connectivity index (χ1v) is 4.54. The zero-order chi connectivity index (χ0) is 9.26. The van der Waals surface area contributed by atoms with Crippen molar-refractivity contribution in [2.45, 2.75) is 25.5 Å². The smallest absolute Gasteiger partial charge is 0.0889 e. The van der Waals surface area contributed by atoms with Gasteiger partial charge in [-0.3, -0.25) is 0 Å². The van der Waals surface area contributed by atoms with E-state index in [0.29, 0.717) is 6.54 Å². The Morgan fingerprint density at radius 1 is 1.69 bits per heavy atom. The highest BCUT2D eigenvalue weighted by Gasteiger charge is 2.24. The van der Waals surface area contributed by atoms with Gasteiger partial charge in [-0.15, -0.1) is 5.10 Å². The van der Waals surface area contributed by atoms with Gasteiger partial charge >= 0.3 is 0 Å². The van der Waals surface area contributed by atoms with Gasteiger partial charge in [0.1, 0.15) is 0 Å².